The smallest absolute Gasteiger partial charge is 0.321 e. The predicted molar refractivity (Wildman–Crippen MR) is 81.6 cm³/mol. The fraction of sp³-hybridized carbons (Fsp3) is 0.533. The Morgan fingerprint density at radius 1 is 1.32 bits per heavy atom. The number of rotatable bonds is 5. The van der Waals surface area contributed by atoms with Gasteiger partial charge in [0.15, 0.2) is 0 Å². The molecule has 0 saturated carbocycles. The summed E-state index contributed by atoms with van der Waals surface area (Å²) in [5, 5.41) is 9.02. The third-order valence-corrected chi connectivity index (χ3v) is 4.87. The number of carboxylic acid groups (broad SMARTS) is 1. The van der Waals surface area contributed by atoms with Crippen LogP contribution in [0.5, 0.6) is 0 Å². The second-order valence-corrected chi connectivity index (χ2v) is 7.21. The number of aryl methyl sites for hydroxylation is 3. The third kappa shape index (κ3) is 3.98. The molecule has 1 rings (SSSR count). The Morgan fingerprint density at radius 2 is 1.79 bits per heavy atom. The number of thioether (sulfide) groups is 1. The molecular weight excluding hydrogens is 258 g/mol. The van der Waals surface area contributed by atoms with Gasteiger partial charge >= 0.3 is 5.97 Å². The zero-order valence-corrected chi connectivity index (χ0v) is 13.1. The van der Waals surface area contributed by atoms with Gasteiger partial charge in [-0.2, -0.15) is 0 Å². The van der Waals surface area contributed by atoms with Gasteiger partial charge in [0, 0.05) is 10.5 Å². The number of benzene rings is 1. The average molecular weight is 281 g/mol. The van der Waals surface area contributed by atoms with Crippen LogP contribution in [0.3, 0.4) is 0 Å². The summed E-state index contributed by atoms with van der Waals surface area (Å²) in [4.78, 5) is 11.0. The van der Waals surface area contributed by atoms with Crippen molar-refractivity contribution in [3.63, 3.8) is 0 Å². The van der Waals surface area contributed by atoms with E-state index in [-0.39, 0.29) is 0 Å². The van der Waals surface area contributed by atoms with E-state index in [0.29, 0.717) is 0 Å². The normalized spacial score (nSPS) is 13.4. The monoisotopic (exact) mass is 281 g/mol. The molecule has 0 aliphatic rings. The molecule has 0 amide bonds. The number of carbonyl (C=O) groups is 1. The van der Waals surface area contributed by atoms with Crippen molar-refractivity contribution in [1.82, 2.24) is 0 Å². The standard InChI is InChI=1S/C15H23NO2S/c1-9-6-10(2)12(11(3)7-9)8-19-15(4,5)13(16)14(17)18/h6-7,13H,8,16H2,1-5H3,(H,17,18)/t13-/m1/s1. The molecule has 0 aliphatic heterocycles. The van der Waals surface area contributed by atoms with Gasteiger partial charge in [-0.15, -0.1) is 11.8 Å². The molecule has 0 heterocycles. The average Bonchev–Trinajstić information content (AvgIpc) is 2.26. The van der Waals surface area contributed by atoms with Crippen molar-refractivity contribution in [3.8, 4) is 0 Å². The summed E-state index contributed by atoms with van der Waals surface area (Å²) < 4.78 is -0.490. The maximum absolute atomic E-state index is 11.0. The van der Waals surface area contributed by atoms with Gasteiger partial charge in [-0.05, 0) is 51.3 Å². The minimum Gasteiger partial charge on any atom is -0.480 e. The Bertz CT molecular complexity index is 460. The lowest BCUT2D eigenvalue weighted by Crippen LogP contribution is -2.46. The van der Waals surface area contributed by atoms with Crippen LogP contribution >= 0.6 is 11.8 Å². The molecule has 0 bridgehead atoms. The molecule has 0 radical (unpaired) electrons. The largest absolute Gasteiger partial charge is 0.480 e. The van der Waals surface area contributed by atoms with Gasteiger partial charge in [0.1, 0.15) is 6.04 Å². The van der Waals surface area contributed by atoms with Crippen LogP contribution in [-0.2, 0) is 10.5 Å². The van der Waals surface area contributed by atoms with Crippen molar-refractivity contribution in [2.24, 2.45) is 5.73 Å². The molecule has 1 atom stereocenters. The van der Waals surface area contributed by atoms with E-state index in [1.165, 1.54) is 22.3 Å². The third-order valence-electron chi connectivity index (χ3n) is 3.44. The summed E-state index contributed by atoms with van der Waals surface area (Å²) in [6.07, 6.45) is 0. The van der Waals surface area contributed by atoms with Crippen LogP contribution in [0, 0.1) is 20.8 Å². The van der Waals surface area contributed by atoms with Gasteiger partial charge in [-0.25, -0.2) is 0 Å². The van der Waals surface area contributed by atoms with Gasteiger partial charge in [0.25, 0.3) is 0 Å². The molecule has 19 heavy (non-hydrogen) atoms. The molecule has 1 aromatic rings. The zero-order chi connectivity index (χ0) is 14.8. The maximum Gasteiger partial charge on any atom is 0.321 e. The molecule has 4 heteroatoms. The van der Waals surface area contributed by atoms with Crippen LogP contribution in [0.2, 0.25) is 0 Å². The summed E-state index contributed by atoms with van der Waals surface area (Å²) >= 11 is 1.60. The lowest BCUT2D eigenvalue weighted by Gasteiger charge is -2.28. The Morgan fingerprint density at radius 3 is 2.21 bits per heavy atom. The van der Waals surface area contributed by atoms with Gasteiger partial charge < -0.3 is 10.8 Å². The van der Waals surface area contributed by atoms with Crippen LogP contribution in [0.25, 0.3) is 0 Å². The number of hydrogen-bond donors (Lipinski definition) is 2. The summed E-state index contributed by atoms with van der Waals surface area (Å²) in [5.41, 5.74) is 10.8. The van der Waals surface area contributed by atoms with Crippen molar-refractivity contribution in [2.75, 3.05) is 0 Å². The first-order valence-electron chi connectivity index (χ1n) is 6.34. The summed E-state index contributed by atoms with van der Waals surface area (Å²) in [7, 11) is 0. The maximum atomic E-state index is 11.0. The van der Waals surface area contributed by atoms with Crippen LogP contribution in [-0.4, -0.2) is 21.9 Å². The Hall–Kier alpha value is -1.00. The van der Waals surface area contributed by atoms with Crippen molar-refractivity contribution in [2.45, 2.75) is 51.2 Å². The van der Waals surface area contributed by atoms with E-state index in [1.54, 1.807) is 11.8 Å². The molecular formula is C15H23NO2S. The highest BCUT2D eigenvalue weighted by Crippen LogP contribution is 2.32. The number of hydrogen-bond acceptors (Lipinski definition) is 3. The Kier molecular flexibility index (Phi) is 5.04. The fourth-order valence-electron chi connectivity index (χ4n) is 2.08. The fourth-order valence-corrected chi connectivity index (χ4v) is 3.33. The molecule has 0 unspecified atom stereocenters. The number of carboxylic acids is 1. The quantitative estimate of drug-likeness (QED) is 0.870. The second kappa shape index (κ2) is 5.97. The van der Waals surface area contributed by atoms with E-state index < -0.39 is 16.8 Å². The lowest BCUT2D eigenvalue weighted by molar-refractivity contribution is -0.139. The highest BCUT2D eigenvalue weighted by Gasteiger charge is 2.32. The molecule has 1 aromatic carbocycles. The molecule has 3 nitrogen and oxygen atoms in total. The SMILES string of the molecule is Cc1cc(C)c(CSC(C)(C)[C@H](N)C(=O)O)c(C)c1. The van der Waals surface area contributed by atoms with Crippen molar-refractivity contribution >= 4 is 17.7 Å². The van der Waals surface area contributed by atoms with Gasteiger partial charge in [-0.1, -0.05) is 17.7 Å². The first-order valence-corrected chi connectivity index (χ1v) is 7.33. The molecule has 0 saturated heterocycles. The van der Waals surface area contributed by atoms with E-state index >= 15 is 0 Å². The number of nitrogens with two attached hydrogens (primary N) is 1. The van der Waals surface area contributed by atoms with E-state index in [0.717, 1.165) is 5.75 Å². The lowest BCUT2D eigenvalue weighted by atomic mass is 10.0. The van der Waals surface area contributed by atoms with Crippen LogP contribution in [0.15, 0.2) is 12.1 Å². The zero-order valence-electron chi connectivity index (χ0n) is 12.3. The molecule has 106 valence electrons. The summed E-state index contributed by atoms with van der Waals surface area (Å²) in [5.74, 6) is -0.166. The Balaban J connectivity index is 2.85. The molecule has 0 fully saturated rings. The van der Waals surface area contributed by atoms with Crippen molar-refractivity contribution in [3.05, 3.63) is 34.4 Å². The summed E-state index contributed by atoms with van der Waals surface area (Å²) in [6, 6.07) is 3.46. The van der Waals surface area contributed by atoms with Gasteiger partial charge in [-0.3, -0.25) is 4.79 Å². The minimum atomic E-state index is -0.949. The molecule has 0 aromatic heterocycles. The van der Waals surface area contributed by atoms with E-state index in [2.05, 4.69) is 32.9 Å². The van der Waals surface area contributed by atoms with E-state index in [9.17, 15) is 4.79 Å². The topological polar surface area (TPSA) is 63.3 Å². The highest BCUT2D eigenvalue weighted by atomic mass is 32.2. The minimum absolute atomic E-state index is 0.490. The predicted octanol–water partition coefficient (Wildman–Crippen LogP) is 3.04. The van der Waals surface area contributed by atoms with Gasteiger partial charge in [0.2, 0.25) is 0 Å². The van der Waals surface area contributed by atoms with Crippen LogP contribution in [0.4, 0.5) is 0 Å². The Labute approximate surface area is 119 Å². The van der Waals surface area contributed by atoms with Gasteiger partial charge in [0.05, 0.1) is 0 Å². The highest BCUT2D eigenvalue weighted by molar-refractivity contribution is 7.99. The first-order chi connectivity index (χ1) is 8.65. The second-order valence-electron chi connectivity index (χ2n) is 5.59. The van der Waals surface area contributed by atoms with Crippen LogP contribution < -0.4 is 5.73 Å². The molecule has 0 spiro atoms. The number of aliphatic carboxylic acids is 1. The summed E-state index contributed by atoms with van der Waals surface area (Å²) in [6.45, 7) is 10.0. The van der Waals surface area contributed by atoms with E-state index in [4.69, 9.17) is 10.8 Å². The molecule has 3 N–H and O–H groups in total. The van der Waals surface area contributed by atoms with E-state index in [1.807, 2.05) is 13.8 Å². The first kappa shape index (κ1) is 16.1. The van der Waals surface area contributed by atoms with Crippen LogP contribution in [0.1, 0.15) is 36.1 Å². The molecule has 0 aliphatic carbocycles. The van der Waals surface area contributed by atoms with Crippen molar-refractivity contribution < 1.29 is 9.90 Å². The van der Waals surface area contributed by atoms with Crippen molar-refractivity contribution in [1.29, 1.82) is 0 Å².